The number of hydrogen-bond donors (Lipinski definition) is 2. The zero-order valence-electron chi connectivity index (χ0n) is 14.5. The van der Waals surface area contributed by atoms with Gasteiger partial charge in [0.1, 0.15) is 0 Å². The second kappa shape index (κ2) is 7.47. The first-order valence-electron chi connectivity index (χ1n) is 8.56. The number of hydrazine groups is 1. The summed E-state index contributed by atoms with van der Waals surface area (Å²) in [7, 11) is -6.41. The Balaban J connectivity index is 1.57. The molecule has 1 aromatic rings. The van der Waals surface area contributed by atoms with E-state index in [0.717, 1.165) is 0 Å². The van der Waals surface area contributed by atoms with Gasteiger partial charge in [0.05, 0.1) is 22.9 Å². The van der Waals surface area contributed by atoms with Crippen molar-refractivity contribution < 1.29 is 26.4 Å². The Hall–Kier alpha value is -2.14. The average Bonchev–Trinajstić information content (AvgIpc) is 3.13. The lowest BCUT2D eigenvalue weighted by atomic mass is 10.1. The molecule has 0 aliphatic carbocycles. The lowest BCUT2D eigenvalue weighted by Gasteiger charge is -2.17. The predicted octanol–water partition coefficient (Wildman–Crippen LogP) is -0.188. The second-order valence-electron chi connectivity index (χ2n) is 6.77. The van der Waals surface area contributed by atoms with Crippen LogP contribution in [0.3, 0.4) is 0 Å². The minimum absolute atomic E-state index is 0.0132. The van der Waals surface area contributed by atoms with Gasteiger partial charge in [0.2, 0.25) is 15.9 Å². The number of sulfone groups is 1. The van der Waals surface area contributed by atoms with Gasteiger partial charge in [-0.15, -0.1) is 0 Å². The van der Waals surface area contributed by atoms with Crippen molar-refractivity contribution in [3.8, 4) is 0 Å². The van der Waals surface area contributed by atoms with Crippen LogP contribution in [0.5, 0.6) is 0 Å². The normalized spacial score (nSPS) is 23.1. The van der Waals surface area contributed by atoms with E-state index in [9.17, 15) is 26.4 Å². The summed E-state index contributed by atoms with van der Waals surface area (Å²) in [5.41, 5.74) is 5.16. The Morgan fingerprint density at radius 3 is 2.52 bits per heavy atom. The minimum Gasteiger partial charge on any atom is -0.273 e. The number of rotatable bonds is 4. The third-order valence-electron chi connectivity index (χ3n) is 4.61. The highest BCUT2D eigenvalue weighted by Crippen LogP contribution is 2.25. The second-order valence-corrected chi connectivity index (χ2v) is 11.0. The molecule has 2 N–H and O–H groups in total. The molecular formula is C16H21N3O6S2. The standard InChI is InChI=1S/C16H21N3O6S2/c20-15(9-12-5-8-26(22,23)11-12)17-18-16(21)13-3-1-4-14(10-13)19-6-2-7-27(19,24)25/h1,3-4,10,12H,2,5-9,11H2,(H,17,20)(H,18,21). The Kier molecular flexibility index (Phi) is 5.43. The summed E-state index contributed by atoms with van der Waals surface area (Å²) in [5.74, 6) is -1.14. The number of benzene rings is 1. The molecule has 1 unspecified atom stereocenters. The number of nitrogens with one attached hydrogen (secondary N) is 2. The van der Waals surface area contributed by atoms with Crippen LogP contribution in [-0.4, -0.2) is 52.5 Å². The fourth-order valence-corrected chi connectivity index (χ4v) is 6.69. The Morgan fingerprint density at radius 2 is 1.89 bits per heavy atom. The van der Waals surface area contributed by atoms with Gasteiger partial charge in [-0.2, -0.15) is 0 Å². The van der Waals surface area contributed by atoms with Crippen LogP contribution in [-0.2, 0) is 24.7 Å². The SMILES string of the molecule is O=C(CC1CCS(=O)(=O)C1)NNC(=O)c1cccc(N2CCCS2(=O)=O)c1. The van der Waals surface area contributed by atoms with Gasteiger partial charge in [-0.1, -0.05) is 6.07 Å². The Labute approximate surface area is 158 Å². The lowest BCUT2D eigenvalue weighted by Crippen LogP contribution is -2.42. The molecule has 2 heterocycles. The van der Waals surface area contributed by atoms with Gasteiger partial charge in [0.15, 0.2) is 9.84 Å². The maximum Gasteiger partial charge on any atom is 0.269 e. The van der Waals surface area contributed by atoms with Crippen LogP contribution in [0.1, 0.15) is 29.6 Å². The first-order chi connectivity index (χ1) is 12.7. The van der Waals surface area contributed by atoms with Crippen molar-refractivity contribution in [3.05, 3.63) is 29.8 Å². The molecule has 1 aromatic carbocycles. The molecule has 0 bridgehead atoms. The zero-order valence-corrected chi connectivity index (χ0v) is 16.2. The molecular weight excluding hydrogens is 394 g/mol. The van der Waals surface area contributed by atoms with Crippen molar-refractivity contribution in [1.82, 2.24) is 10.9 Å². The smallest absolute Gasteiger partial charge is 0.269 e. The molecule has 2 amide bonds. The van der Waals surface area contributed by atoms with Crippen molar-refractivity contribution in [2.24, 2.45) is 5.92 Å². The number of hydrogen-bond acceptors (Lipinski definition) is 6. The highest BCUT2D eigenvalue weighted by atomic mass is 32.2. The fraction of sp³-hybridized carbons (Fsp3) is 0.500. The summed E-state index contributed by atoms with van der Waals surface area (Å²) >= 11 is 0. The predicted molar refractivity (Wildman–Crippen MR) is 99.2 cm³/mol. The molecule has 2 saturated heterocycles. The van der Waals surface area contributed by atoms with Crippen LogP contribution in [0.15, 0.2) is 24.3 Å². The van der Waals surface area contributed by atoms with E-state index in [4.69, 9.17) is 0 Å². The van der Waals surface area contributed by atoms with Gasteiger partial charge < -0.3 is 0 Å². The molecule has 0 saturated carbocycles. The van der Waals surface area contributed by atoms with Gasteiger partial charge in [-0.3, -0.25) is 24.7 Å². The number of carbonyl (C=O) groups is 2. The molecule has 1 atom stereocenters. The van der Waals surface area contributed by atoms with Crippen LogP contribution < -0.4 is 15.2 Å². The van der Waals surface area contributed by atoms with Crippen molar-refractivity contribution in [2.45, 2.75) is 19.3 Å². The fourth-order valence-electron chi connectivity index (χ4n) is 3.28. The molecule has 2 fully saturated rings. The maximum absolute atomic E-state index is 12.2. The largest absolute Gasteiger partial charge is 0.273 e. The van der Waals surface area contributed by atoms with Crippen LogP contribution in [0.2, 0.25) is 0 Å². The van der Waals surface area contributed by atoms with Crippen LogP contribution >= 0.6 is 0 Å². The van der Waals surface area contributed by atoms with Gasteiger partial charge in [-0.05, 0) is 37.0 Å². The molecule has 27 heavy (non-hydrogen) atoms. The molecule has 148 valence electrons. The van der Waals surface area contributed by atoms with E-state index >= 15 is 0 Å². The molecule has 0 spiro atoms. The van der Waals surface area contributed by atoms with Gasteiger partial charge in [0.25, 0.3) is 5.91 Å². The van der Waals surface area contributed by atoms with Crippen molar-refractivity contribution in [1.29, 1.82) is 0 Å². The summed E-state index contributed by atoms with van der Waals surface area (Å²) in [6.07, 6.45) is 0.993. The number of anilines is 1. The molecule has 2 aliphatic heterocycles. The first-order valence-corrected chi connectivity index (χ1v) is 12.0. The van der Waals surface area contributed by atoms with Crippen LogP contribution in [0, 0.1) is 5.92 Å². The van der Waals surface area contributed by atoms with Crippen molar-refractivity contribution >= 4 is 37.4 Å². The number of amides is 2. The first kappa shape index (κ1) is 19.6. The Bertz CT molecular complexity index is 958. The van der Waals surface area contributed by atoms with Gasteiger partial charge in [-0.25, -0.2) is 16.8 Å². The molecule has 9 nitrogen and oxygen atoms in total. The number of nitrogens with zero attached hydrogens (tertiary/aromatic N) is 1. The highest BCUT2D eigenvalue weighted by molar-refractivity contribution is 7.93. The van der Waals surface area contributed by atoms with E-state index in [1.807, 2.05) is 0 Å². The third-order valence-corrected chi connectivity index (χ3v) is 8.32. The van der Waals surface area contributed by atoms with E-state index in [2.05, 4.69) is 10.9 Å². The van der Waals surface area contributed by atoms with Gasteiger partial charge in [0, 0.05) is 18.5 Å². The average molecular weight is 415 g/mol. The van der Waals surface area contributed by atoms with E-state index < -0.39 is 31.7 Å². The van der Waals surface area contributed by atoms with Gasteiger partial charge >= 0.3 is 0 Å². The third kappa shape index (κ3) is 4.78. The molecule has 0 radical (unpaired) electrons. The van der Waals surface area contributed by atoms with Crippen molar-refractivity contribution in [3.63, 3.8) is 0 Å². The zero-order chi connectivity index (χ0) is 19.7. The summed E-state index contributed by atoms with van der Waals surface area (Å²) < 4.78 is 48.1. The van der Waals surface area contributed by atoms with E-state index in [-0.39, 0.29) is 35.2 Å². The highest BCUT2D eigenvalue weighted by Gasteiger charge is 2.30. The lowest BCUT2D eigenvalue weighted by molar-refractivity contribution is -0.122. The minimum atomic E-state index is -3.35. The summed E-state index contributed by atoms with van der Waals surface area (Å²) in [5, 5.41) is 0. The number of sulfonamides is 1. The van der Waals surface area contributed by atoms with E-state index in [0.29, 0.717) is 25.1 Å². The molecule has 2 aliphatic rings. The topological polar surface area (TPSA) is 130 Å². The monoisotopic (exact) mass is 415 g/mol. The molecule has 0 aromatic heterocycles. The van der Waals surface area contributed by atoms with Crippen LogP contribution in [0.25, 0.3) is 0 Å². The summed E-state index contributed by atoms with van der Waals surface area (Å²) in [6, 6.07) is 6.15. The Morgan fingerprint density at radius 1 is 1.11 bits per heavy atom. The quantitative estimate of drug-likeness (QED) is 0.656. The number of carbonyl (C=O) groups excluding carboxylic acids is 2. The summed E-state index contributed by atoms with van der Waals surface area (Å²) in [6.45, 7) is 0.369. The van der Waals surface area contributed by atoms with Crippen LogP contribution in [0.4, 0.5) is 5.69 Å². The summed E-state index contributed by atoms with van der Waals surface area (Å²) in [4.78, 5) is 24.1. The van der Waals surface area contributed by atoms with E-state index in [1.165, 1.54) is 16.4 Å². The van der Waals surface area contributed by atoms with E-state index in [1.54, 1.807) is 12.1 Å². The van der Waals surface area contributed by atoms with Crippen molar-refractivity contribution in [2.75, 3.05) is 28.1 Å². The maximum atomic E-state index is 12.2. The molecule has 11 heteroatoms. The molecule has 3 rings (SSSR count).